The number of aromatic nitrogens is 2. The highest BCUT2D eigenvalue weighted by atomic mass is 32.2. The molecule has 6 nitrogen and oxygen atoms in total. The number of halogens is 3. The Kier molecular flexibility index (Phi) is 5.86. The molecule has 1 atom stereocenters. The summed E-state index contributed by atoms with van der Waals surface area (Å²) in [6, 6.07) is 7.22. The van der Waals surface area contributed by atoms with Gasteiger partial charge in [-0.3, -0.25) is 0 Å². The summed E-state index contributed by atoms with van der Waals surface area (Å²) in [5, 5.41) is 10.5. The lowest BCUT2D eigenvalue weighted by Gasteiger charge is -2.18. The summed E-state index contributed by atoms with van der Waals surface area (Å²) in [4.78, 5) is 4.17. The van der Waals surface area contributed by atoms with Gasteiger partial charge in [0.15, 0.2) is 0 Å². The van der Waals surface area contributed by atoms with Crippen molar-refractivity contribution in [3.05, 3.63) is 47.7 Å². The highest BCUT2D eigenvalue weighted by Gasteiger charge is 2.38. The first-order chi connectivity index (χ1) is 14.4. The molecule has 0 aliphatic heterocycles. The molecule has 0 aliphatic rings. The van der Waals surface area contributed by atoms with Gasteiger partial charge in [-0.05, 0) is 57.0 Å². The second-order valence-electron chi connectivity index (χ2n) is 7.59. The van der Waals surface area contributed by atoms with Crippen LogP contribution in [0.5, 0.6) is 0 Å². The monoisotopic (exact) mass is 450 g/mol. The van der Waals surface area contributed by atoms with Gasteiger partial charge in [0.1, 0.15) is 17.8 Å². The number of hydrogen-bond donors (Lipinski definition) is 1. The Morgan fingerprint density at radius 3 is 2.29 bits per heavy atom. The van der Waals surface area contributed by atoms with E-state index in [9.17, 15) is 26.9 Å². The number of hydrogen-bond acceptors (Lipinski definition) is 4. The van der Waals surface area contributed by atoms with Crippen molar-refractivity contribution >= 4 is 21.1 Å². The minimum atomic E-state index is -4.70. The number of nitriles is 1. The Hall–Kier alpha value is -2.90. The molecule has 3 rings (SSSR count). The highest BCUT2D eigenvalue weighted by Crippen LogP contribution is 2.36. The van der Waals surface area contributed by atoms with Crippen LogP contribution in [0.3, 0.4) is 0 Å². The van der Waals surface area contributed by atoms with Crippen LogP contribution >= 0.6 is 0 Å². The zero-order valence-electron chi connectivity index (χ0n) is 17.3. The van der Waals surface area contributed by atoms with Gasteiger partial charge in [-0.1, -0.05) is 12.1 Å². The standard InChI is InChI=1S/C21H21F3N4O2S/c1-12(2)28-19(18(10-25)17-9-13(3)11-26-20(17)28)15-5-7-16(8-6-15)31(29,30)27-14(4)21(22,23)24/h5-9,11-12,14,27H,1-4H3. The lowest BCUT2D eigenvalue weighted by molar-refractivity contribution is -0.147. The second-order valence-corrected chi connectivity index (χ2v) is 9.31. The third kappa shape index (κ3) is 4.29. The number of pyridine rings is 1. The normalized spacial score (nSPS) is 13.5. The first-order valence-corrected chi connectivity index (χ1v) is 10.9. The van der Waals surface area contributed by atoms with Crippen LogP contribution < -0.4 is 4.72 Å². The van der Waals surface area contributed by atoms with E-state index in [4.69, 9.17) is 0 Å². The van der Waals surface area contributed by atoms with E-state index >= 15 is 0 Å². The summed E-state index contributed by atoms with van der Waals surface area (Å²) in [6.45, 7) is 6.48. The van der Waals surface area contributed by atoms with Crippen LogP contribution in [0.1, 0.15) is 37.9 Å². The number of sulfonamides is 1. The summed E-state index contributed by atoms with van der Waals surface area (Å²) in [5.74, 6) is 0. The van der Waals surface area contributed by atoms with Crippen molar-refractivity contribution in [1.82, 2.24) is 14.3 Å². The van der Waals surface area contributed by atoms with Gasteiger partial charge in [-0.25, -0.2) is 13.4 Å². The molecule has 0 aliphatic carbocycles. The van der Waals surface area contributed by atoms with E-state index in [1.54, 1.807) is 10.9 Å². The summed E-state index contributed by atoms with van der Waals surface area (Å²) >= 11 is 0. The molecule has 3 aromatic rings. The SMILES string of the molecule is Cc1cnc2c(c1)c(C#N)c(-c1ccc(S(=O)(=O)NC(C)C(F)(F)F)cc1)n2C(C)C. The molecule has 0 saturated heterocycles. The lowest BCUT2D eigenvalue weighted by atomic mass is 10.1. The number of benzene rings is 1. The Balaban J connectivity index is 2.11. The molecule has 0 bridgehead atoms. The molecular weight excluding hydrogens is 429 g/mol. The average molecular weight is 450 g/mol. The Morgan fingerprint density at radius 2 is 1.77 bits per heavy atom. The molecular formula is C21H21F3N4O2S. The quantitative estimate of drug-likeness (QED) is 0.611. The number of alkyl halides is 3. The average Bonchev–Trinajstić information content (AvgIpc) is 3.00. The van der Waals surface area contributed by atoms with Crippen molar-refractivity contribution in [1.29, 1.82) is 5.26 Å². The maximum absolute atomic E-state index is 12.7. The van der Waals surface area contributed by atoms with Gasteiger partial charge in [0.25, 0.3) is 0 Å². The van der Waals surface area contributed by atoms with Gasteiger partial charge in [-0.15, -0.1) is 0 Å². The number of fused-ring (bicyclic) bond motifs is 1. The predicted molar refractivity (Wildman–Crippen MR) is 111 cm³/mol. The van der Waals surface area contributed by atoms with Crippen molar-refractivity contribution in [3.63, 3.8) is 0 Å². The van der Waals surface area contributed by atoms with Crippen LogP contribution in [0, 0.1) is 18.3 Å². The smallest absolute Gasteiger partial charge is 0.322 e. The third-order valence-corrected chi connectivity index (χ3v) is 6.42. The Bertz CT molecular complexity index is 1270. The van der Waals surface area contributed by atoms with Crippen LogP contribution in [0.4, 0.5) is 13.2 Å². The van der Waals surface area contributed by atoms with Crippen LogP contribution in [0.15, 0.2) is 41.4 Å². The molecule has 0 saturated carbocycles. The molecule has 31 heavy (non-hydrogen) atoms. The maximum Gasteiger partial charge on any atom is 0.404 e. The lowest BCUT2D eigenvalue weighted by Crippen LogP contribution is -2.42. The third-order valence-electron chi connectivity index (χ3n) is 4.87. The van der Waals surface area contributed by atoms with Gasteiger partial charge in [0, 0.05) is 17.6 Å². The summed E-state index contributed by atoms with van der Waals surface area (Å²) < 4.78 is 66.4. The molecule has 1 unspecified atom stereocenters. The largest absolute Gasteiger partial charge is 0.404 e. The molecule has 164 valence electrons. The van der Waals surface area contributed by atoms with E-state index in [-0.39, 0.29) is 10.9 Å². The molecule has 10 heteroatoms. The van der Waals surface area contributed by atoms with Crippen molar-refractivity contribution in [3.8, 4) is 17.3 Å². The highest BCUT2D eigenvalue weighted by molar-refractivity contribution is 7.89. The minimum Gasteiger partial charge on any atom is -0.322 e. The van der Waals surface area contributed by atoms with Gasteiger partial charge in [-0.2, -0.15) is 23.2 Å². The number of aryl methyl sites for hydroxylation is 1. The van der Waals surface area contributed by atoms with Gasteiger partial charge in [0.2, 0.25) is 10.0 Å². The summed E-state index contributed by atoms with van der Waals surface area (Å²) in [6.07, 6.45) is -2.99. The van der Waals surface area contributed by atoms with E-state index in [1.807, 2.05) is 31.4 Å². The predicted octanol–water partition coefficient (Wildman–Crippen LogP) is 4.69. The van der Waals surface area contributed by atoms with E-state index in [2.05, 4.69) is 11.1 Å². The summed E-state index contributed by atoms with van der Waals surface area (Å²) in [7, 11) is -4.37. The molecule has 1 aromatic carbocycles. The molecule has 0 spiro atoms. The maximum atomic E-state index is 12.7. The van der Waals surface area contributed by atoms with Gasteiger partial charge in [0.05, 0.1) is 16.2 Å². The molecule has 0 fully saturated rings. The fourth-order valence-corrected chi connectivity index (χ4v) is 4.58. The van der Waals surface area contributed by atoms with E-state index in [0.29, 0.717) is 27.9 Å². The number of rotatable bonds is 5. The van der Waals surface area contributed by atoms with Gasteiger partial charge < -0.3 is 4.57 Å². The van der Waals surface area contributed by atoms with Crippen molar-refractivity contribution in [2.45, 2.75) is 50.9 Å². The van der Waals surface area contributed by atoms with Crippen molar-refractivity contribution in [2.24, 2.45) is 0 Å². The van der Waals surface area contributed by atoms with Crippen LogP contribution in [-0.4, -0.2) is 30.2 Å². The summed E-state index contributed by atoms with van der Waals surface area (Å²) in [5.41, 5.74) is 3.06. The van der Waals surface area contributed by atoms with E-state index in [1.165, 1.54) is 24.3 Å². The molecule has 1 N–H and O–H groups in total. The Morgan fingerprint density at radius 1 is 1.16 bits per heavy atom. The fraction of sp³-hybridized carbons (Fsp3) is 0.333. The van der Waals surface area contributed by atoms with Crippen LogP contribution in [-0.2, 0) is 10.0 Å². The van der Waals surface area contributed by atoms with Crippen LogP contribution in [0.25, 0.3) is 22.3 Å². The molecule has 2 aromatic heterocycles. The number of nitrogens with one attached hydrogen (secondary N) is 1. The van der Waals surface area contributed by atoms with E-state index in [0.717, 1.165) is 12.5 Å². The first-order valence-electron chi connectivity index (χ1n) is 9.47. The number of nitrogens with zero attached hydrogens (tertiary/aromatic N) is 3. The van der Waals surface area contributed by atoms with Gasteiger partial charge >= 0.3 is 6.18 Å². The zero-order valence-corrected chi connectivity index (χ0v) is 18.1. The van der Waals surface area contributed by atoms with Crippen molar-refractivity contribution in [2.75, 3.05) is 0 Å². The fourth-order valence-electron chi connectivity index (χ4n) is 3.35. The first kappa shape index (κ1) is 22.8. The van der Waals surface area contributed by atoms with Crippen LogP contribution in [0.2, 0.25) is 0 Å². The van der Waals surface area contributed by atoms with E-state index < -0.39 is 22.2 Å². The molecule has 2 heterocycles. The minimum absolute atomic E-state index is 0.0486. The zero-order chi connectivity index (χ0) is 23.1. The topological polar surface area (TPSA) is 87.8 Å². The van der Waals surface area contributed by atoms with Crippen molar-refractivity contribution < 1.29 is 21.6 Å². The second kappa shape index (κ2) is 7.98. The molecule has 0 radical (unpaired) electrons. The Labute approximate surface area is 178 Å². The molecule has 0 amide bonds.